The van der Waals surface area contributed by atoms with Gasteiger partial charge in [0.2, 0.25) is 5.95 Å². The number of anilines is 1. The van der Waals surface area contributed by atoms with Crippen molar-refractivity contribution in [3.63, 3.8) is 0 Å². The summed E-state index contributed by atoms with van der Waals surface area (Å²) in [7, 11) is 0. The van der Waals surface area contributed by atoms with E-state index in [4.69, 9.17) is 0 Å². The Morgan fingerprint density at radius 3 is 3.00 bits per heavy atom. The van der Waals surface area contributed by atoms with E-state index in [0.717, 1.165) is 17.2 Å². The van der Waals surface area contributed by atoms with Gasteiger partial charge in [-0.05, 0) is 37.5 Å². The molecule has 1 heterocycles. The summed E-state index contributed by atoms with van der Waals surface area (Å²) in [5, 5.41) is 3.40. The number of nitrogens with zero attached hydrogens (tertiary/aromatic N) is 2. The summed E-state index contributed by atoms with van der Waals surface area (Å²) in [6.45, 7) is 2.62. The van der Waals surface area contributed by atoms with Crippen LogP contribution in [0.3, 0.4) is 0 Å². The molecular weight excluding hydrogens is 229 g/mol. The molecular formula is C14H16FN3. The number of benzene rings is 1. The highest BCUT2D eigenvalue weighted by atomic mass is 19.1. The largest absolute Gasteiger partial charge is 0.353 e. The van der Waals surface area contributed by atoms with Crippen LogP contribution < -0.4 is 5.32 Å². The maximum absolute atomic E-state index is 13.2. The van der Waals surface area contributed by atoms with Crippen LogP contribution in [0.15, 0.2) is 30.5 Å². The van der Waals surface area contributed by atoms with E-state index in [2.05, 4.69) is 10.3 Å². The molecule has 1 N–H and O–H groups in total. The second kappa shape index (κ2) is 4.44. The van der Waals surface area contributed by atoms with Crippen molar-refractivity contribution in [2.24, 2.45) is 0 Å². The van der Waals surface area contributed by atoms with Crippen LogP contribution in [0.4, 0.5) is 10.3 Å². The average molecular weight is 245 g/mol. The highest BCUT2D eigenvalue weighted by molar-refractivity contribution is 5.33. The lowest BCUT2D eigenvalue weighted by atomic mass is 10.2. The third kappa shape index (κ3) is 2.53. The Bertz CT molecular complexity index is 558. The van der Waals surface area contributed by atoms with E-state index < -0.39 is 0 Å². The molecule has 0 spiro atoms. The van der Waals surface area contributed by atoms with Crippen LogP contribution in [0.25, 0.3) is 0 Å². The molecule has 0 amide bonds. The third-order valence-corrected chi connectivity index (χ3v) is 3.05. The van der Waals surface area contributed by atoms with Gasteiger partial charge in [-0.25, -0.2) is 9.37 Å². The topological polar surface area (TPSA) is 29.9 Å². The molecule has 0 atom stereocenters. The highest BCUT2D eigenvalue weighted by Gasteiger charge is 2.22. The van der Waals surface area contributed by atoms with Crippen molar-refractivity contribution < 1.29 is 4.39 Å². The zero-order valence-corrected chi connectivity index (χ0v) is 10.4. The zero-order chi connectivity index (χ0) is 12.5. The Hall–Kier alpha value is -1.84. The summed E-state index contributed by atoms with van der Waals surface area (Å²) < 4.78 is 15.2. The quantitative estimate of drug-likeness (QED) is 0.897. The molecule has 1 saturated carbocycles. The first-order valence-corrected chi connectivity index (χ1v) is 6.25. The van der Waals surface area contributed by atoms with Crippen LogP contribution >= 0.6 is 0 Å². The molecule has 1 fully saturated rings. The number of nitrogens with one attached hydrogen (secondary N) is 1. The molecule has 1 aromatic carbocycles. The lowest BCUT2D eigenvalue weighted by Gasteiger charge is -2.09. The molecule has 0 saturated heterocycles. The fourth-order valence-corrected chi connectivity index (χ4v) is 2.02. The predicted molar refractivity (Wildman–Crippen MR) is 69.1 cm³/mol. The Morgan fingerprint density at radius 1 is 1.44 bits per heavy atom. The molecule has 3 nitrogen and oxygen atoms in total. The van der Waals surface area contributed by atoms with Crippen LogP contribution in [0.5, 0.6) is 0 Å². The molecule has 18 heavy (non-hydrogen) atoms. The van der Waals surface area contributed by atoms with Gasteiger partial charge in [-0.15, -0.1) is 0 Å². The van der Waals surface area contributed by atoms with Crippen molar-refractivity contribution in [3.05, 3.63) is 47.5 Å². The molecule has 1 aromatic heterocycles. The third-order valence-electron chi connectivity index (χ3n) is 3.05. The van der Waals surface area contributed by atoms with Crippen molar-refractivity contribution in [1.29, 1.82) is 0 Å². The molecule has 2 aromatic rings. The van der Waals surface area contributed by atoms with Crippen molar-refractivity contribution >= 4 is 5.95 Å². The van der Waals surface area contributed by atoms with Crippen LogP contribution in [0, 0.1) is 12.7 Å². The van der Waals surface area contributed by atoms with Crippen LogP contribution in [0.1, 0.15) is 24.1 Å². The predicted octanol–water partition coefficient (Wildman–Crippen LogP) is 2.95. The van der Waals surface area contributed by atoms with Crippen LogP contribution in [-0.2, 0) is 6.54 Å². The molecule has 4 heteroatoms. The van der Waals surface area contributed by atoms with Gasteiger partial charge in [-0.1, -0.05) is 12.1 Å². The Kier molecular flexibility index (Phi) is 2.78. The van der Waals surface area contributed by atoms with Gasteiger partial charge in [0.05, 0.1) is 12.2 Å². The number of hydrogen-bond acceptors (Lipinski definition) is 2. The van der Waals surface area contributed by atoms with Crippen LogP contribution in [-0.4, -0.2) is 15.6 Å². The molecule has 0 aliphatic heterocycles. The lowest BCUT2D eigenvalue weighted by Crippen LogP contribution is -2.09. The number of hydrogen-bond donors (Lipinski definition) is 1. The first-order chi connectivity index (χ1) is 8.70. The second-order valence-electron chi connectivity index (χ2n) is 4.88. The minimum Gasteiger partial charge on any atom is -0.353 e. The van der Waals surface area contributed by atoms with Gasteiger partial charge in [-0.3, -0.25) is 0 Å². The standard InChI is InChI=1S/C14H16FN3/c1-10-8-18(14(16-10)17-13-5-6-13)9-11-3-2-4-12(15)7-11/h2-4,7-8,13H,5-6,9H2,1H3,(H,16,17). The van der Waals surface area contributed by atoms with Gasteiger partial charge in [0.15, 0.2) is 0 Å². The maximum Gasteiger partial charge on any atom is 0.203 e. The summed E-state index contributed by atoms with van der Waals surface area (Å²) in [6, 6.07) is 7.27. The number of imidazole rings is 1. The van der Waals surface area contributed by atoms with Gasteiger partial charge in [-0.2, -0.15) is 0 Å². The van der Waals surface area contributed by atoms with E-state index in [9.17, 15) is 4.39 Å². The Balaban J connectivity index is 1.82. The Labute approximate surface area is 106 Å². The summed E-state index contributed by atoms with van der Waals surface area (Å²) >= 11 is 0. The van der Waals surface area contributed by atoms with Crippen molar-refractivity contribution in [2.75, 3.05) is 5.32 Å². The minimum atomic E-state index is -0.193. The monoisotopic (exact) mass is 245 g/mol. The van der Waals surface area contributed by atoms with E-state index in [1.807, 2.05) is 23.8 Å². The summed E-state index contributed by atoms with van der Waals surface area (Å²) in [5.74, 6) is 0.695. The summed E-state index contributed by atoms with van der Waals surface area (Å²) in [6.07, 6.45) is 4.42. The van der Waals surface area contributed by atoms with E-state index >= 15 is 0 Å². The first-order valence-electron chi connectivity index (χ1n) is 6.25. The summed E-state index contributed by atoms with van der Waals surface area (Å²) in [5.41, 5.74) is 1.93. The molecule has 0 bridgehead atoms. The second-order valence-corrected chi connectivity index (χ2v) is 4.88. The molecule has 1 aliphatic rings. The van der Waals surface area contributed by atoms with Gasteiger partial charge in [0.25, 0.3) is 0 Å². The molecule has 94 valence electrons. The zero-order valence-electron chi connectivity index (χ0n) is 10.4. The number of halogens is 1. The average Bonchev–Trinajstić information content (AvgIpc) is 3.05. The minimum absolute atomic E-state index is 0.193. The number of aromatic nitrogens is 2. The van der Waals surface area contributed by atoms with Crippen molar-refractivity contribution in [1.82, 2.24) is 9.55 Å². The van der Waals surface area contributed by atoms with Crippen LogP contribution in [0.2, 0.25) is 0 Å². The Morgan fingerprint density at radius 2 is 2.28 bits per heavy atom. The van der Waals surface area contributed by atoms with E-state index in [0.29, 0.717) is 12.6 Å². The normalized spacial score (nSPS) is 14.8. The van der Waals surface area contributed by atoms with Gasteiger partial charge in [0, 0.05) is 12.2 Å². The first kappa shape index (κ1) is 11.3. The highest BCUT2D eigenvalue weighted by Crippen LogP contribution is 2.24. The molecule has 3 rings (SSSR count). The fourth-order valence-electron chi connectivity index (χ4n) is 2.02. The number of aryl methyl sites for hydroxylation is 1. The molecule has 0 radical (unpaired) electrons. The van der Waals surface area contributed by atoms with Gasteiger partial charge < -0.3 is 9.88 Å². The molecule has 0 unspecified atom stereocenters. The molecule has 1 aliphatic carbocycles. The van der Waals surface area contributed by atoms with Crippen molar-refractivity contribution in [2.45, 2.75) is 32.4 Å². The van der Waals surface area contributed by atoms with E-state index in [1.165, 1.54) is 18.9 Å². The van der Waals surface area contributed by atoms with E-state index in [1.54, 1.807) is 12.1 Å². The fraction of sp³-hybridized carbons (Fsp3) is 0.357. The van der Waals surface area contributed by atoms with Gasteiger partial charge >= 0.3 is 0 Å². The lowest BCUT2D eigenvalue weighted by molar-refractivity contribution is 0.623. The maximum atomic E-state index is 13.2. The summed E-state index contributed by atoms with van der Waals surface area (Å²) in [4.78, 5) is 4.47. The van der Waals surface area contributed by atoms with Gasteiger partial charge in [0.1, 0.15) is 5.82 Å². The SMILES string of the molecule is Cc1cn(Cc2cccc(F)c2)c(NC2CC2)n1. The smallest absolute Gasteiger partial charge is 0.203 e. The van der Waals surface area contributed by atoms with E-state index in [-0.39, 0.29) is 5.82 Å². The number of rotatable bonds is 4. The van der Waals surface area contributed by atoms with Crippen molar-refractivity contribution in [3.8, 4) is 0 Å².